The molecular weight excluding hydrogens is 416 g/mol. The van der Waals surface area contributed by atoms with Crippen LogP contribution in [0.4, 0.5) is 11.4 Å². The lowest BCUT2D eigenvalue weighted by Crippen LogP contribution is -2.53. The van der Waals surface area contributed by atoms with Crippen molar-refractivity contribution in [3.8, 4) is 12.1 Å². The van der Waals surface area contributed by atoms with E-state index in [4.69, 9.17) is 10.5 Å². The summed E-state index contributed by atoms with van der Waals surface area (Å²) < 4.78 is 0. The molecule has 0 bridgehead atoms. The van der Waals surface area contributed by atoms with Gasteiger partial charge in [-0.25, -0.2) is 0 Å². The fourth-order valence-electron chi connectivity index (χ4n) is 4.99. The third-order valence-electron chi connectivity index (χ3n) is 5.15. The lowest BCUT2D eigenvalue weighted by molar-refractivity contribution is 0.380. The highest BCUT2D eigenvalue weighted by Gasteiger charge is 2.32. The van der Waals surface area contributed by atoms with Crippen molar-refractivity contribution < 1.29 is 0 Å². The first-order valence-corrected chi connectivity index (χ1v) is 11.9. The van der Waals surface area contributed by atoms with Gasteiger partial charge >= 0.3 is 0 Å². The van der Waals surface area contributed by atoms with Gasteiger partial charge in [-0.3, -0.25) is 0 Å². The van der Waals surface area contributed by atoms with Gasteiger partial charge in [0.1, 0.15) is 0 Å². The second kappa shape index (κ2) is 10.5. The van der Waals surface area contributed by atoms with Crippen LogP contribution in [-0.2, 0) is 0 Å². The monoisotopic (exact) mass is 460 g/mol. The Bertz CT molecular complexity index is 912. The maximum Gasteiger partial charge on any atom is 0.0992 e. The first kappa shape index (κ1) is 29.1. The molecule has 184 valence electrons. The molecule has 0 saturated heterocycles. The number of hydrogen-bond acceptors (Lipinski definition) is 4. The van der Waals surface area contributed by atoms with E-state index in [1.54, 1.807) is 0 Å². The minimum atomic E-state index is 0.0202. The highest BCUT2D eigenvalue weighted by atomic mass is 15.2. The van der Waals surface area contributed by atoms with E-state index in [-0.39, 0.29) is 22.2 Å². The van der Waals surface area contributed by atoms with Gasteiger partial charge in [-0.05, 0) is 119 Å². The van der Waals surface area contributed by atoms with E-state index in [2.05, 4.69) is 117 Å². The minimum Gasteiger partial charge on any atom is -0.362 e. The normalized spacial score (nSPS) is 12.1. The average molecular weight is 461 g/mol. The first-order valence-electron chi connectivity index (χ1n) is 11.9. The maximum atomic E-state index is 8.98. The standard InChI is InChI=1S/2C15H22N2/c2*1-14(2,3)17(15(4,5)6)13-9-7-8-12(10-13)11-16/h2*7-10H,1-6H3. The Labute approximate surface area is 208 Å². The Hall–Kier alpha value is -2.98. The topological polar surface area (TPSA) is 54.1 Å². The predicted octanol–water partition coefficient (Wildman–Crippen LogP) is 7.92. The van der Waals surface area contributed by atoms with Gasteiger partial charge in [0.2, 0.25) is 0 Å². The smallest absolute Gasteiger partial charge is 0.0992 e. The molecule has 0 radical (unpaired) electrons. The van der Waals surface area contributed by atoms with E-state index in [9.17, 15) is 0 Å². The summed E-state index contributed by atoms with van der Waals surface area (Å²) in [5.74, 6) is 0. The number of hydrogen-bond donors (Lipinski definition) is 0. The Kier molecular flexibility index (Phi) is 8.99. The van der Waals surface area contributed by atoms with Crippen LogP contribution in [-0.4, -0.2) is 22.2 Å². The Morgan fingerprint density at radius 2 is 0.765 bits per heavy atom. The number of anilines is 2. The fraction of sp³-hybridized carbons (Fsp3) is 0.533. The van der Waals surface area contributed by atoms with Gasteiger partial charge in [0.15, 0.2) is 0 Å². The highest BCUT2D eigenvalue weighted by Crippen LogP contribution is 2.33. The van der Waals surface area contributed by atoms with Crippen LogP contribution in [0.2, 0.25) is 0 Å². The molecule has 2 aromatic rings. The van der Waals surface area contributed by atoms with Crippen LogP contribution in [0.5, 0.6) is 0 Å². The van der Waals surface area contributed by atoms with Crippen LogP contribution in [0.1, 0.15) is 94.2 Å². The summed E-state index contributed by atoms with van der Waals surface area (Å²) in [5, 5.41) is 18.0. The second-order valence-corrected chi connectivity index (χ2v) is 12.7. The van der Waals surface area contributed by atoms with Crippen molar-refractivity contribution in [1.82, 2.24) is 0 Å². The number of benzene rings is 2. The molecule has 0 saturated carbocycles. The number of nitrogens with zero attached hydrogens (tertiary/aromatic N) is 4. The van der Waals surface area contributed by atoms with Gasteiger partial charge in [-0.15, -0.1) is 0 Å². The molecule has 4 heteroatoms. The van der Waals surface area contributed by atoms with Gasteiger partial charge in [0.05, 0.1) is 23.3 Å². The molecule has 0 aliphatic heterocycles. The predicted molar refractivity (Wildman–Crippen MR) is 146 cm³/mol. The molecule has 0 atom stereocenters. The molecule has 0 unspecified atom stereocenters. The molecule has 0 heterocycles. The Morgan fingerprint density at radius 1 is 0.500 bits per heavy atom. The van der Waals surface area contributed by atoms with Gasteiger partial charge in [0, 0.05) is 33.5 Å². The molecule has 2 aromatic carbocycles. The molecular formula is C30H44N4. The number of nitriles is 2. The number of rotatable bonds is 2. The zero-order chi connectivity index (χ0) is 26.5. The first-order chi connectivity index (χ1) is 15.3. The fourth-order valence-corrected chi connectivity index (χ4v) is 4.99. The van der Waals surface area contributed by atoms with E-state index in [1.807, 2.05) is 36.4 Å². The van der Waals surface area contributed by atoms with Crippen molar-refractivity contribution in [1.29, 1.82) is 10.5 Å². The lowest BCUT2D eigenvalue weighted by Gasteiger charge is -2.47. The molecule has 0 aliphatic rings. The van der Waals surface area contributed by atoms with E-state index in [0.717, 1.165) is 11.4 Å². The third-order valence-corrected chi connectivity index (χ3v) is 5.15. The molecule has 0 N–H and O–H groups in total. The zero-order valence-electron chi connectivity index (χ0n) is 23.4. The van der Waals surface area contributed by atoms with Gasteiger partial charge in [0.25, 0.3) is 0 Å². The van der Waals surface area contributed by atoms with E-state index < -0.39 is 0 Å². The van der Waals surface area contributed by atoms with Gasteiger partial charge in [-0.1, -0.05) is 12.1 Å². The summed E-state index contributed by atoms with van der Waals surface area (Å²) in [6.45, 7) is 26.3. The van der Waals surface area contributed by atoms with E-state index >= 15 is 0 Å². The lowest BCUT2D eigenvalue weighted by atomic mass is 9.94. The highest BCUT2D eigenvalue weighted by molar-refractivity contribution is 5.56. The summed E-state index contributed by atoms with van der Waals surface area (Å²) in [6.07, 6.45) is 0. The Balaban J connectivity index is 0.000000340. The van der Waals surface area contributed by atoms with Crippen molar-refractivity contribution >= 4 is 11.4 Å². The quantitative estimate of drug-likeness (QED) is 0.456. The Morgan fingerprint density at radius 3 is 0.971 bits per heavy atom. The average Bonchev–Trinajstić information content (AvgIpc) is 2.64. The molecule has 0 aromatic heterocycles. The molecule has 0 aliphatic carbocycles. The molecule has 34 heavy (non-hydrogen) atoms. The van der Waals surface area contributed by atoms with Crippen LogP contribution in [0.15, 0.2) is 48.5 Å². The summed E-state index contributed by atoms with van der Waals surface area (Å²) >= 11 is 0. The third kappa shape index (κ3) is 8.11. The van der Waals surface area contributed by atoms with Crippen LogP contribution in [0.3, 0.4) is 0 Å². The minimum absolute atomic E-state index is 0.0202. The van der Waals surface area contributed by atoms with Crippen molar-refractivity contribution in [2.75, 3.05) is 9.80 Å². The van der Waals surface area contributed by atoms with Crippen LogP contribution in [0, 0.1) is 22.7 Å². The summed E-state index contributed by atoms with van der Waals surface area (Å²) in [7, 11) is 0. The maximum absolute atomic E-state index is 8.98. The molecule has 0 fully saturated rings. The molecule has 4 nitrogen and oxygen atoms in total. The van der Waals surface area contributed by atoms with Crippen molar-refractivity contribution in [2.45, 2.75) is 105 Å². The van der Waals surface area contributed by atoms with Gasteiger partial charge in [-0.2, -0.15) is 10.5 Å². The van der Waals surface area contributed by atoms with Crippen molar-refractivity contribution in [2.24, 2.45) is 0 Å². The second-order valence-electron chi connectivity index (χ2n) is 12.7. The summed E-state index contributed by atoms with van der Waals surface area (Å²) in [6, 6.07) is 20.0. The van der Waals surface area contributed by atoms with Crippen molar-refractivity contribution in [3.63, 3.8) is 0 Å². The van der Waals surface area contributed by atoms with E-state index in [0.29, 0.717) is 11.1 Å². The summed E-state index contributed by atoms with van der Waals surface area (Å²) in [5.41, 5.74) is 3.70. The molecule has 2 rings (SSSR count). The summed E-state index contributed by atoms with van der Waals surface area (Å²) in [4.78, 5) is 4.70. The molecule has 0 amide bonds. The SMILES string of the molecule is CC(C)(C)N(c1cccc(C#N)c1)C(C)(C)C.CC(C)(C)N(c1cccc(C#N)c1)C(C)(C)C. The van der Waals surface area contributed by atoms with E-state index in [1.165, 1.54) is 0 Å². The van der Waals surface area contributed by atoms with Crippen LogP contribution >= 0.6 is 0 Å². The molecule has 0 spiro atoms. The van der Waals surface area contributed by atoms with Gasteiger partial charge < -0.3 is 9.80 Å². The van der Waals surface area contributed by atoms with Crippen LogP contribution in [0.25, 0.3) is 0 Å². The zero-order valence-corrected chi connectivity index (χ0v) is 23.4. The largest absolute Gasteiger partial charge is 0.362 e. The van der Waals surface area contributed by atoms with Crippen LogP contribution < -0.4 is 9.80 Å². The van der Waals surface area contributed by atoms with Crippen molar-refractivity contribution in [3.05, 3.63) is 59.7 Å².